The van der Waals surface area contributed by atoms with Crippen molar-refractivity contribution in [3.05, 3.63) is 0 Å². The Morgan fingerprint density at radius 3 is 2.40 bits per heavy atom. The maximum Gasteiger partial charge on any atom is 0.471 e. The Hall–Kier alpha value is -0.540. The summed E-state index contributed by atoms with van der Waals surface area (Å²) in [7, 11) is 0. The zero-order chi connectivity index (χ0) is 15.6. The number of nitrogens with one attached hydrogen (secondary N) is 1. The summed E-state index contributed by atoms with van der Waals surface area (Å²) < 4.78 is 42.4. The number of esters is 1. The predicted octanol–water partition coefficient (Wildman–Crippen LogP) is 2.98. The predicted molar refractivity (Wildman–Crippen MR) is 76.6 cm³/mol. The van der Waals surface area contributed by atoms with Crippen molar-refractivity contribution in [2.45, 2.75) is 51.2 Å². The van der Waals surface area contributed by atoms with Crippen molar-refractivity contribution in [2.24, 2.45) is 0 Å². The van der Waals surface area contributed by atoms with Crippen LogP contribution in [0.4, 0.5) is 13.2 Å². The molecule has 0 bridgehead atoms. The average Bonchev–Trinajstić information content (AvgIpc) is 2.38. The van der Waals surface area contributed by atoms with Crippen LogP contribution in [-0.2, 0) is 14.3 Å². The highest BCUT2D eigenvalue weighted by Crippen LogP contribution is 2.16. The quantitative estimate of drug-likeness (QED) is 0.276. The molecule has 0 aliphatic carbocycles. The molecular weight excluding hydrogens is 390 g/mol. The highest BCUT2D eigenvalue weighted by atomic mass is 127. The van der Waals surface area contributed by atoms with Gasteiger partial charge in [-0.1, -0.05) is 42.4 Å². The summed E-state index contributed by atoms with van der Waals surface area (Å²) in [6, 6.07) is -1.23. The van der Waals surface area contributed by atoms with Crippen molar-refractivity contribution in [2.75, 3.05) is 11.0 Å². The van der Waals surface area contributed by atoms with Gasteiger partial charge in [0.25, 0.3) is 0 Å². The first-order valence-corrected chi connectivity index (χ1v) is 7.95. The van der Waals surface area contributed by atoms with Crippen molar-refractivity contribution in [1.82, 2.24) is 5.32 Å². The Morgan fingerprint density at radius 2 is 1.90 bits per heavy atom. The summed E-state index contributed by atoms with van der Waals surface area (Å²) in [4.78, 5) is 22.5. The average molecular weight is 409 g/mol. The number of hydrogen-bond donors (Lipinski definition) is 1. The van der Waals surface area contributed by atoms with E-state index in [1.807, 2.05) is 0 Å². The molecule has 0 spiro atoms. The standard InChI is InChI=1S/C12H19F3INO3/c1-2-8-20-10(18)9(6-4-3-5-7-16)17-11(19)12(13,14)15/h9H,2-8H2,1H3,(H,17,19)/t9-/m0/s1. The van der Waals surface area contributed by atoms with E-state index < -0.39 is 24.1 Å². The second-order valence-electron chi connectivity index (χ2n) is 4.23. The summed E-state index contributed by atoms with van der Waals surface area (Å²) in [6.45, 7) is 1.90. The topological polar surface area (TPSA) is 55.4 Å². The van der Waals surface area contributed by atoms with Crippen LogP contribution in [-0.4, -0.2) is 35.1 Å². The molecule has 118 valence electrons. The Labute approximate surface area is 129 Å². The lowest BCUT2D eigenvalue weighted by atomic mass is 10.1. The first-order valence-electron chi connectivity index (χ1n) is 6.43. The number of alkyl halides is 4. The van der Waals surface area contributed by atoms with Crippen LogP contribution in [0.5, 0.6) is 0 Å². The van der Waals surface area contributed by atoms with Gasteiger partial charge in [0.15, 0.2) is 0 Å². The maximum atomic E-state index is 12.2. The third-order valence-corrected chi connectivity index (χ3v) is 3.18. The van der Waals surface area contributed by atoms with Gasteiger partial charge in [-0.2, -0.15) is 13.2 Å². The molecule has 0 aromatic rings. The summed E-state index contributed by atoms with van der Waals surface area (Å²) in [6.07, 6.45) is -1.99. The molecule has 0 aliphatic heterocycles. The molecule has 0 saturated carbocycles. The molecule has 1 atom stereocenters. The minimum atomic E-state index is -4.99. The number of unbranched alkanes of at least 4 members (excludes halogenated alkanes) is 2. The highest BCUT2D eigenvalue weighted by molar-refractivity contribution is 14.1. The van der Waals surface area contributed by atoms with Gasteiger partial charge < -0.3 is 10.1 Å². The number of carbonyl (C=O) groups excluding carboxylic acids is 2. The fourth-order valence-electron chi connectivity index (χ4n) is 1.41. The molecule has 0 aromatic heterocycles. The molecule has 0 aliphatic rings. The molecule has 20 heavy (non-hydrogen) atoms. The first-order chi connectivity index (χ1) is 9.32. The summed E-state index contributed by atoms with van der Waals surface area (Å²) in [5.41, 5.74) is 0. The van der Waals surface area contributed by atoms with E-state index in [4.69, 9.17) is 4.74 Å². The summed E-state index contributed by atoms with van der Waals surface area (Å²) >= 11 is 2.20. The van der Waals surface area contributed by atoms with Crippen molar-refractivity contribution in [3.63, 3.8) is 0 Å². The van der Waals surface area contributed by atoms with E-state index in [1.165, 1.54) is 0 Å². The zero-order valence-electron chi connectivity index (χ0n) is 11.3. The Bertz CT molecular complexity index is 311. The zero-order valence-corrected chi connectivity index (χ0v) is 13.4. The molecule has 1 amide bonds. The lowest BCUT2D eigenvalue weighted by Gasteiger charge is -2.18. The Kier molecular flexibility index (Phi) is 9.95. The Morgan fingerprint density at radius 1 is 1.25 bits per heavy atom. The van der Waals surface area contributed by atoms with E-state index in [-0.39, 0.29) is 13.0 Å². The minimum absolute atomic E-state index is 0.130. The number of rotatable bonds is 9. The fourth-order valence-corrected chi connectivity index (χ4v) is 1.95. The molecule has 0 fully saturated rings. The van der Waals surface area contributed by atoms with Gasteiger partial charge in [0.2, 0.25) is 0 Å². The number of carbonyl (C=O) groups is 2. The van der Waals surface area contributed by atoms with E-state index in [1.54, 1.807) is 12.2 Å². The fraction of sp³-hybridized carbons (Fsp3) is 0.833. The van der Waals surface area contributed by atoms with Crippen LogP contribution in [0.2, 0.25) is 0 Å². The van der Waals surface area contributed by atoms with Crippen molar-refractivity contribution in [1.29, 1.82) is 0 Å². The van der Waals surface area contributed by atoms with Crippen LogP contribution < -0.4 is 5.32 Å². The van der Waals surface area contributed by atoms with Gasteiger partial charge in [0, 0.05) is 0 Å². The number of halogens is 4. The van der Waals surface area contributed by atoms with Crippen LogP contribution in [0.15, 0.2) is 0 Å². The number of ether oxygens (including phenoxy) is 1. The second-order valence-corrected chi connectivity index (χ2v) is 5.31. The van der Waals surface area contributed by atoms with Gasteiger partial charge in [-0.15, -0.1) is 0 Å². The van der Waals surface area contributed by atoms with Crippen molar-refractivity contribution >= 4 is 34.5 Å². The SMILES string of the molecule is CCCOC(=O)[C@H](CCCCCI)NC(=O)C(F)(F)F. The first kappa shape index (κ1) is 19.5. The van der Waals surface area contributed by atoms with Gasteiger partial charge in [-0.05, 0) is 23.7 Å². The highest BCUT2D eigenvalue weighted by Gasteiger charge is 2.40. The van der Waals surface area contributed by atoms with Crippen molar-refractivity contribution in [3.8, 4) is 0 Å². The number of hydrogen-bond acceptors (Lipinski definition) is 3. The van der Waals surface area contributed by atoms with Crippen LogP contribution in [0, 0.1) is 0 Å². The lowest BCUT2D eigenvalue weighted by molar-refractivity contribution is -0.176. The second kappa shape index (κ2) is 10.2. The van der Waals surface area contributed by atoms with E-state index in [0.717, 1.165) is 17.3 Å². The van der Waals surface area contributed by atoms with Crippen LogP contribution in [0.1, 0.15) is 39.0 Å². The summed E-state index contributed by atoms with van der Waals surface area (Å²) in [5.74, 6) is -2.91. The van der Waals surface area contributed by atoms with Gasteiger partial charge in [-0.3, -0.25) is 4.79 Å². The molecule has 0 rings (SSSR count). The molecule has 1 N–H and O–H groups in total. The largest absolute Gasteiger partial charge is 0.471 e. The van der Waals surface area contributed by atoms with E-state index in [9.17, 15) is 22.8 Å². The van der Waals surface area contributed by atoms with Gasteiger partial charge in [0.1, 0.15) is 6.04 Å². The van der Waals surface area contributed by atoms with Gasteiger partial charge >= 0.3 is 18.1 Å². The minimum Gasteiger partial charge on any atom is -0.464 e. The number of amides is 1. The van der Waals surface area contributed by atoms with Crippen LogP contribution in [0.3, 0.4) is 0 Å². The third-order valence-electron chi connectivity index (χ3n) is 2.42. The molecular formula is C12H19F3INO3. The molecule has 4 nitrogen and oxygen atoms in total. The van der Waals surface area contributed by atoms with Crippen LogP contribution >= 0.6 is 22.6 Å². The molecule has 8 heteroatoms. The monoisotopic (exact) mass is 409 g/mol. The van der Waals surface area contributed by atoms with E-state index >= 15 is 0 Å². The molecule has 0 aromatic carbocycles. The maximum absolute atomic E-state index is 12.2. The molecule has 0 saturated heterocycles. The normalized spacial score (nSPS) is 12.8. The smallest absolute Gasteiger partial charge is 0.464 e. The van der Waals surface area contributed by atoms with Gasteiger partial charge in [-0.25, -0.2) is 4.79 Å². The molecule has 0 radical (unpaired) electrons. The molecule has 0 unspecified atom stereocenters. The third kappa shape index (κ3) is 8.60. The summed E-state index contributed by atoms with van der Waals surface area (Å²) in [5, 5.41) is 1.70. The van der Waals surface area contributed by atoms with E-state index in [0.29, 0.717) is 12.8 Å². The van der Waals surface area contributed by atoms with Gasteiger partial charge in [0.05, 0.1) is 6.61 Å². The van der Waals surface area contributed by atoms with Crippen molar-refractivity contribution < 1.29 is 27.5 Å². The molecule has 0 heterocycles. The van der Waals surface area contributed by atoms with E-state index in [2.05, 4.69) is 22.6 Å². The van der Waals surface area contributed by atoms with Crippen LogP contribution in [0.25, 0.3) is 0 Å². The lowest BCUT2D eigenvalue weighted by Crippen LogP contribution is -2.47. The Balaban J connectivity index is 4.45.